The van der Waals surface area contributed by atoms with E-state index < -0.39 is 11.8 Å². The van der Waals surface area contributed by atoms with Crippen LogP contribution in [0.1, 0.15) is 26.6 Å². The minimum atomic E-state index is -0.434. The third-order valence-electron chi connectivity index (χ3n) is 3.46. The van der Waals surface area contributed by atoms with Gasteiger partial charge in [-0.15, -0.1) is 0 Å². The summed E-state index contributed by atoms with van der Waals surface area (Å²) in [6, 6.07) is 11.3. The molecule has 1 aromatic carbocycles. The van der Waals surface area contributed by atoms with Gasteiger partial charge in [0.25, 0.3) is 11.8 Å². The van der Waals surface area contributed by atoms with Crippen molar-refractivity contribution in [3.63, 3.8) is 0 Å². The van der Waals surface area contributed by atoms with E-state index in [1.165, 1.54) is 24.6 Å². The molecule has 6 nitrogen and oxygen atoms in total. The van der Waals surface area contributed by atoms with E-state index in [1.807, 2.05) is 0 Å². The summed E-state index contributed by atoms with van der Waals surface area (Å²) in [5.74, 6) is -0.240. The number of benzene rings is 1. The lowest BCUT2D eigenvalue weighted by molar-refractivity contribution is 0.0943. The zero-order chi connectivity index (χ0) is 18.5. The van der Waals surface area contributed by atoms with Gasteiger partial charge in [-0.05, 0) is 36.4 Å². The van der Waals surface area contributed by atoms with E-state index in [2.05, 4.69) is 15.6 Å². The highest BCUT2D eigenvalue weighted by molar-refractivity contribution is 6.44. The second-order valence-electron chi connectivity index (χ2n) is 5.25. The number of pyridine rings is 1. The molecule has 8 heteroatoms. The predicted molar refractivity (Wildman–Crippen MR) is 98.5 cm³/mol. The molecule has 2 N–H and O–H groups in total. The number of rotatable bonds is 5. The van der Waals surface area contributed by atoms with Crippen LogP contribution in [0.4, 0.5) is 5.69 Å². The summed E-state index contributed by atoms with van der Waals surface area (Å²) in [4.78, 5) is 28.6. The molecular formula is C18H13Cl2N3O3. The van der Waals surface area contributed by atoms with Crippen LogP contribution in [0, 0.1) is 0 Å². The molecule has 3 rings (SSSR count). The Morgan fingerprint density at radius 1 is 1.08 bits per heavy atom. The average Bonchev–Trinajstić information content (AvgIpc) is 3.17. The van der Waals surface area contributed by atoms with E-state index in [1.54, 1.807) is 30.3 Å². The summed E-state index contributed by atoms with van der Waals surface area (Å²) in [6.45, 7) is 0.224. The van der Waals surface area contributed by atoms with Crippen LogP contribution in [-0.4, -0.2) is 16.8 Å². The zero-order valence-corrected chi connectivity index (χ0v) is 14.8. The number of carbonyl (C=O) groups is 2. The highest BCUT2D eigenvalue weighted by atomic mass is 35.5. The molecule has 0 unspecified atom stereocenters. The second kappa shape index (κ2) is 8.03. The third kappa shape index (κ3) is 4.22. The van der Waals surface area contributed by atoms with Crippen molar-refractivity contribution in [2.75, 3.05) is 5.32 Å². The second-order valence-corrected chi connectivity index (χ2v) is 6.03. The molecule has 0 spiro atoms. The number of furan rings is 1. The molecule has 132 valence electrons. The monoisotopic (exact) mass is 389 g/mol. The van der Waals surface area contributed by atoms with Crippen molar-refractivity contribution in [2.24, 2.45) is 0 Å². The van der Waals surface area contributed by atoms with Gasteiger partial charge in [0.2, 0.25) is 0 Å². The highest BCUT2D eigenvalue weighted by Crippen LogP contribution is 2.29. The molecule has 0 bridgehead atoms. The highest BCUT2D eigenvalue weighted by Gasteiger charge is 2.14. The third-order valence-corrected chi connectivity index (χ3v) is 4.28. The molecule has 0 aliphatic heterocycles. The van der Waals surface area contributed by atoms with E-state index in [4.69, 9.17) is 27.6 Å². The number of nitrogens with zero attached hydrogens (tertiary/aromatic N) is 1. The van der Waals surface area contributed by atoms with E-state index >= 15 is 0 Å². The Balaban J connectivity index is 1.70. The Bertz CT molecular complexity index is 943. The first-order valence-electron chi connectivity index (χ1n) is 7.56. The van der Waals surface area contributed by atoms with Crippen molar-refractivity contribution < 1.29 is 14.0 Å². The number of halogens is 2. The Morgan fingerprint density at radius 3 is 2.69 bits per heavy atom. The first kappa shape index (κ1) is 18.0. The molecule has 0 saturated carbocycles. The zero-order valence-electron chi connectivity index (χ0n) is 13.3. The van der Waals surface area contributed by atoms with E-state index in [9.17, 15) is 9.59 Å². The Hall–Kier alpha value is -2.83. The number of aromatic nitrogens is 1. The maximum atomic E-state index is 12.4. The largest absolute Gasteiger partial charge is 0.467 e. The molecule has 3 aromatic rings. The standard InChI is InChI=1S/C18H13Cl2N3O3/c19-13-4-1-5-14(16(13)20)23-17(24)11-6-7-21-15(9-11)18(25)22-10-12-3-2-8-26-12/h1-9H,10H2,(H,22,25)(H,23,24). The van der Waals surface area contributed by atoms with Gasteiger partial charge in [0.15, 0.2) is 0 Å². The molecule has 2 heterocycles. The maximum Gasteiger partial charge on any atom is 0.270 e. The van der Waals surface area contributed by atoms with Crippen LogP contribution < -0.4 is 10.6 Å². The van der Waals surface area contributed by atoms with E-state index in [0.29, 0.717) is 16.5 Å². The lowest BCUT2D eigenvalue weighted by Gasteiger charge is -2.09. The molecule has 0 atom stereocenters. The van der Waals surface area contributed by atoms with Gasteiger partial charge >= 0.3 is 0 Å². The van der Waals surface area contributed by atoms with Crippen molar-refractivity contribution in [1.82, 2.24) is 10.3 Å². The van der Waals surface area contributed by atoms with Crippen molar-refractivity contribution in [2.45, 2.75) is 6.54 Å². The SMILES string of the molecule is O=C(Nc1cccc(Cl)c1Cl)c1ccnc(C(=O)NCc2ccco2)c1. The van der Waals surface area contributed by atoms with Gasteiger partial charge in [-0.3, -0.25) is 14.6 Å². The smallest absolute Gasteiger partial charge is 0.270 e. The Kier molecular flexibility index (Phi) is 5.55. The summed E-state index contributed by atoms with van der Waals surface area (Å²) in [5, 5.41) is 5.90. The fraction of sp³-hybridized carbons (Fsp3) is 0.0556. The van der Waals surface area contributed by atoms with Crippen LogP contribution in [0.2, 0.25) is 10.0 Å². The van der Waals surface area contributed by atoms with E-state index in [-0.39, 0.29) is 22.8 Å². The van der Waals surface area contributed by atoms with Crippen molar-refractivity contribution >= 4 is 40.7 Å². The molecule has 0 fully saturated rings. The fourth-order valence-corrected chi connectivity index (χ4v) is 2.51. The maximum absolute atomic E-state index is 12.4. The first-order chi connectivity index (χ1) is 12.5. The molecular weight excluding hydrogens is 377 g/mol. The van der Waals surface area contributed by atoms with Gasteiger partial charge in [-0.1, -0.05) is 29.3 Å². The van der Waals surface area contributed by atoms with Gasteiger partial charge in [0, 0.05) is 11.8 Å². The van der Waals surface area contributed by atoms with Crippen molar-refractivity contribution in [3.05, 3.63) is 82.0 Å². The van der Waals surface area contributed by atoms with Crippen molar-refractivity contribution in [1.29, 1.82) is 0 Å². The van der Waals surface area contributed by atoms with Crippen LogP contribution in [0.15, 0.2) is 59.3 Å². The summed E-state index contributed by atoms with van der Waals surface area (Å²) in [6.07, 6.45) is 2.90. The number of carbonyl (C=O) groups excluding carboxylic acids is 2. The molecule has 26 heavy (non-hydrogen) atoms. The lowest BCUT2D eigenvalue weighted by atomic mass is 10.2. The normalized spacial score (nSPS) is 10.4. The van der Waals surface area contributed by atoms with E-state index in [0.717, 1.165) is 0 Å². The molecule has 0 radical (unpaired) electrons. The van der Waals surface area contributed by atoms with Crippen LogP contribution in [0.3, 0.4) is 0 Å². The van der Waals surface area contributed by atoms with Gasteiger partial charge in [0.05, 0.1) is 28.5 Å². The molecule has 0 aliphatic rings. The Labute approximate surface area is 159 Å². The number of anilines is 1. The van der Waals surface area contributed by atoms with Gasteiger partial charge in [-0.25, -0.2) is 0 Å². The van der Waals surface area contributed by atoms with Gasteiger partial charge < -0.3 is 15.1 Å². The molecule has 2 amide bonds. The topological polar surface area (TPSA) is 84.2 Å². The number of hydrogen-bond donors (Lipinski definition) is 2. The Morgan fingerprint density at radius 2 is 1.92 bits per heavy atom. The number of nitrogens with one attached hydrogen (secondary N) is 2. The average molecular weight is 390 g/mol. The summed E-state index contributed by atoms with van der Waals surface area (Å²) >= 11 is 12.0. The quantitative estimate of drug-likeness (QED) is 0.685. The predicted octanol–water partition coefficient (Wildman–Crippen LogP) is 4.16. The molecule has 2 aromatic heterocycles. The summed E-state index contributed by atoms with van der Waals surface area (Å²) < 4.78 is 5.15. The lowest BCUT2D eigenvalue weighted by Crippen LogP contribution is -2.24. The van der Waals surface area contributed by atoms with Crippen LogP contribution in [0.5, 0.6) is 0 Å². The van der Waals surface area contributed by atoms with Gasteiger partial charge in [-0.2, -0.15) is 0 Å². The van der Waals surface area contributed by atoms with Crippen LogP contribution in [0.25, 0.3) is 0 Å². The minimum absolute atomic E-state index is 0.112. The molecule has 0 saturated heterocycles. The first-order valence-corrected chi connectivity index (χ1v) is 8.32. The van der Waals surface area contributed by atoms with Crippen molar-refractivity contribution in [3.8, 4) is 0 Å². The van der Waals surface area contributed by atoms with Gasteiger partial charge in [0.1, 0.15) is 11.5 Å². The fourth-order valence-electron chi connectivity index (χ4n) is 2.16. The number of amides is 2. The van der Waals surface area contributed by atoms with Crippen LogP contribution in [-0.2, 0) is 6.54 Å². The minimum Gasteiger partial charge on any atom is -0.467 e. The summed E-state index contributed by atoms with van der Waals surface area (Å²) in [5.41, 5.74) is 0.755. The molecule has 0 aliphatic carbocycles. The summed E-state index contributed by atoms with van der Waals surface area (Å²) in [7, 11) is 0. The number of hydrogen-bond acceptors (Lipinski definition) is 4. The van der Waals surface area contributed by atoms with Crippen LogP contribution >= 0.6 is 23.2 Å².